The highest BCUT2D eigenvalue weighted by molar-refractivity contribution is 5.94. The number of likely N-dealkylation sites (N-methyl/N-ethyl adjacent to an activating group) is 1. The van der Waals surface area contributed by atoms with E-state index >= 15 is 0 Å². The van der Waals surface area contributed by atoms with Crippen LogP contribution in [0.5, 0.6) is 11.5 Å². The number of carbonyl (C=O) groups is 1. The van der Waals surface area contributed by atoms with Crippen LogP contribution in [0.2, 0.25) is 0 Å². The number of ether oxygens (including phenoxy) is 3. The molecule has 1 amide bonds. The number of hydrogen-bond acceptors (Lipinski definition) is 5. The summed E-state index contributed by atoms with van der Waals surface area (Å²) in [5.74, 6) is 1.35. The zero-order valence-electron chi connectivity index (χ0n) is 19.2. The number of likely N-dealkylation sites (tertiary alicyclic amines) is 1. The van der Waals surface area contributed by atoms with E-state index in [1.54, 1.807) is 12.0 Å². The monoisotopic (exact) mass is 430 g/mol. The summed E-state index contributed by atoms with van der Waals surface area (Å²) in [6.45, 7) is 3.65. The summed E-state index contributed by atoms with van der Waals surface area (Å²) in [6, 6.07) is 6.34. The largest absolute Gasteiger partial charge is 0.493 e. The van der Waals surface area contributed by atoms with E-state index in [1.165, 1.54) is 32.1 Å². The number of benzene rings is 1. The molecule has 0 radical (unpaired) electrons. The van der Waals surface area contributed by atoms with Crippen molar-refractivity contribution in [1.29, 1.82) is 0 Å². The van der Waals surface area contributed by atoms with Crippen LogP contribution in [0.1, 0.15) is 68.1 Å². The Morgan fingerprint density at radius 3 is 2.48 bits per heavy atom. The molecule has 2 saturated heterocycles. The van der Waals surface area contributed by atoms with Crippen molar-refractivity contribution < 1.29 is 19.0 Å². The third kappa shape index (κ3) is 5.72. The molecule has 6 nitrogen and oxygen atoms in total. The van der Waals surface area contributed by atoms with Gasteiger partial charge in [-0.3, -0.25) is 4.79 Å². The van der Waals surface area contributed by atoms with E-state index in [4.69, 9.17) is 14.2 Å². The Bertz CT molecular complexity index is 720. The van der Waals surface area contributed by atoms with Crippen LogP contribution in [0, 0.1) is 0 Å². The first-order valence-electron chi connectivity index (χ1n) is 12.1. The van der Waals surface area contributed by atoms with Crippen molar-refractivity contribution in [3.05, 3.63) is 23.8 Å². The number of piperidine rings is 1. The second-order valence-electron chi connectivity index (χ2n) is 9.33. The summed E-state index contributed by atoms with van der Waals surface area (Å²) >= 11 is 0. The van der Waals surface area contributed by atoms with Crippen molar-refractivity contribution in [2.45, 2.75) is 76.0 Å². The number of nitrogens with zero attached hydrogens (tertiary/aromatic N) is 2. The van der Waals surface area contributed by atoms with Crippen LogP contribution in [-0.4, -0.2) is 74.4 Å². The van der Waals surface area contributed by atoms with E-state index in [9.17, 15) is 4.79 Å². The van der Waals surface area contributed by atoms with E-state index in [1.807, 2.05) is 25.2 Å². The second kappa shape index (κ2) is 10.7. The normalized spacial score (nSPS) is 23.6. The Morgan fingerprint density at radius 1 is 1.06 bits per heavy atom. The molecule has 6 heteroatoms. The van der Waals surface area contributed by atoms with E-state index < -0.39 is 0 Å². The van der Waals surface area contributed by atoms with Gasteiger partial charge in [0.15, 0.2) is 11.5 Å². The predicted molar refractivity (Wildman–Crippen MR) is 121 cm³/mol. The molecule has 172 valence electrons. The summed E-state index contributed by atoms with van der Waals surface area (Å²) in [4.78, 5) is 17.3. The van der Waals surface area contributed by atoms with Crippen LogP contribution >= 0.6 is 0 Å². The lowest BCUT2D eigenvalue weighted by Gasteiger charge is -2.36. The van der Waals surface area contributed by atoms with Crippen molar-refractivity contribution in [3.8, 4) is 11.5 Å². The minimum Gasteiger partial charge on any atom is -0.493 e. The maximum absolute atomic E-state index is 12.9. The highest BCUT2D eigenvalue weighted by Crippen LogP contribution is 2.32. The van der Waals surface area contributed by atoms with Crippen LogP contribution in [0.4, 0.5) is 0 Å². The Kier molecular flexibility index (Phi) is 7.72. The predicted octanol–water partition coefficient (Wildman–Crippen LogP) is 4.12. The van der Waals surface area contributed by atoms with Gasteiger partial charge in [-0.15, -0.1) is 0 Å². The van der Waals surface area contributed by atoms with Crippen molar-refractivity contribution in [2.75, 3.05) is 40.4 Å². The van der Waals surface area contributed by atoms with Gasteiger partial charge in [0.2, 0.25) is 0 Å². The molecule has 3 aliphatic rings. The summed E-state index contributed by atoms with van der Waals surface area (Å²) in [6.07, 6.45) is 11.2. The average Bonchev–Trinajstić information content (AvgIpc) is 3.35. The summed E-state index contributed by atoms with van der Waals surface area (Å²) in [5, 5.41) is 0. The zero-order chi connectivity index (χ0) is 21.6. The third-order valence-electron chi connectivity index (χ3n) is 7.12. The van der Waals surface area contributed by atoms with Gasteiger partial charge in [0.1, 0.15) is 6.10 Å². The van der Waals surface area contributed by atoms with E-state index in [0.29, 0.717) is 17.9 Å². The number of carbonyl (C=O) groups excluding carboxylic acids is 1. The van der Waals surface area contributed by atoms with Crippen molar-refractivity contribution >= 4 is 5.91 Å². The van der Waals surface area contributed by atoms with Gasteiger partial charge in [0.25, 0.3) is 5.91 Å². The Labute approximate surface area is 186 Å². The molecule has 0 spiro atoms. The maximum Gasteiger partial charge on any atom is 0.253 e. The fourth-order valence-electron chi connectivity index (χ4n) is 5.27. The van der Waals surface area contributed by atoms with E-state index in [0.717, 1.165) is 57.2 Å². The van der Waals surface area contributed by atoms with Crippen molar-refractivity contribution in [2.24, 2.45) is 0 Å². The molecule has 3 fully saturated rings. The number of methoxy groups -OCH3 is 1. The minimum absolute atomic E-state index is 0.0103. The highest BCUT2D eigenvalue weighted by atomic mass is 16.5. The lowest BCUT2D eigenvalue weighted by molar-refractivity contribution is -0.000194. The molecule has 1 atom stereocenters. The highest BCUT2D eigenvalue weighted by Gasteiger charge is 2.28. The summed E-state index contributed by atoms with van der Waals surface area (Å²) < 4.78 is 17.7. The van der Waals surface area contributed by atoms with Crippen LogP contribution in [0.3, 0.4) is 0 Å². The molecule has 31 heavy (non-hydrogen) atoms. The summed E-state index contributed by atoms with van der Waals surface area (Å²) in [7, 11) is 3.48. The molecule has 1 aromatic carbocycles. The number of amides is 1. The number of rotatable bonds is 7. The molecule has 2 aliphatic heterocycles. The maximum atomic E-state index is 12.9. The fraction of sp³-hybridized carbons (Fsp3) is 0.720. The van der Waals surface area contributed by atoms with Gasteiger partial charge in [-0.25, -0.2) is 0 Å². The molecule has 2 heterocycles. The standard InChI is InChI=1S/C25H38N2O4/c1-26(18-22-9-5-6-16-30-22)25(28)19-10-11-23(24(17-19)29-2)31-21-12-14-27(15-13-21)20-7-3-4-8-20/h10-11,17,20-22H,3-9,12-16,18H2,1-2H3/t22-/m0/s1. The topological polar surface area (TPSA) is 51.2 Å². The molecular formula is C25H38N2O4. The average molecular weight is 431 g/mol. The van der Waals surface area contributed by atoms with Gasteiger partial charge in [-0.2, -0.15) is 0 Å². The summed E-state index contributed by atoms with van der Waals surface area (Å²) in [5.41, 5.74) is 0.624. The van der Waals surface area contributed by atoms with Crippen LogP contribution in [0.25, 0.3) is 0 Å². The number of hydrogen-bond donors (Lipinski definition) is 0. The molecule has 0 unspecified atom stereocenters. The minimum atomic E-state index is -0.0103. The Balaban J connectivity index is 1.32. The smallest absolute Gasteiger partial charge is 0.253 e. The molecule has 0 aromatic heterocycles. The molecule has 1 aliphatic carbocycles. The van der Waals surface area contributed by atoms with Gasteiger partial charge in [-0.1, -0.05) is 12.8 Å². The van der Waals surface area contributed by atoms with Crippen molar-refractivity contribution in [1.82, 2.24) is 9.80 Å². The first-order chi connectivity index (χ1) is 15.1. The second-order valence-corrected chi connectivity index (χ2v) is 9.33. The zero-order valence-corrected chi connectivity index (χ0v) is 19.2. The van der Waals surface area contributed by atoms with Gasteiger partial charge in [0, 0.05) is 44.9 Å². The van der Waals surface area contributed by atoms with E-state index in [-0.39, 0.29) is 18.1 Å². The lowest BCUT2D eigenvalue weighted by Crippen LogP contribution is -2.43. The van der Waals surface area contributed by atoms with Gasteiger partial charge >= 0.3 is 0 Å². The van der Waals surface area contributed by atoms with Gasteiger partial charge < -0.3 is 24.0 Å². The first-order valence-corrected chi connectivity index (χ1v) is 12.1. The molecular weight excluding hydrogens is 392 g/mol. The SMILES string of the molecule is COc1cc(C(=O)N(C)C[C@@H]2CCCCO2)ccc1OC1CCN(C2CCCC2)CC1. The molecule has 0 bridgehead atoms. The van der Waals surface area contributed by atoms with E-state index in [2.05, 4.69) is 4.90 Å². The molecule has 4 rings (SSSR count). The third-order valence-corrected chi connectivity index (χ3v) is 7.12. The molecule has 1 aromatic rings. The molecule has 1 saturated carbocycles. The first kappa shape index (κ1) is 22.4. The van der Waals surface area contributed by atoms with Gasteiger partial charge in [0.05, 0.1) is 13.2 Å². The van der Waals surface area contributed by atoms with Gasteiger partial charge in [-0.05, 0) is 63.1 Å². The fourth-order valence-corrected chi connectivity index (χ4v) is 5.27. The Hall–Kier alpha value is -1.79. The van der Waals surface area contributed by atoms with Crippen LogP contribution in [-0.2, 0) is 4.74 Å². The molecule has 0 N–H and O–H groups in total. The quantitative estimate of drug-likeness (QED) is 0.651. The van der Waals surface area contributed by atoms with Crippen LogP contribution < -0.4 is 9.47 Å². The Morgan fingerprint density at radius 2 is 1.81 bits per heavy atom. The van der Waals surface area contributed by atoms with Crippen molar-refractivity contribution in [3.63, 3.8) is 0 Å². The lowest BCUT2D eigenvalue weighted by atomic mass is 10.0. The van der Waals surface area contributed by atoms with Crippen LogP contribution in [0.15, 0.2) is 18.2 Å².